The van der Waals surface area contributed by atoms with Crippen LogP contribution in [0.1, 0.15) is 37.4 Å². The van der Waals surface area contributed by atoms with Crippen LogP contribution in [0.15, 0.2) is 53.6 Å². The smallest absolute Gasteiger partial charge is 0.257 e. The van der Waals surface area contributed by atoms with Gasteiger partial charge in [0, 0.05) is 35.7 Å². The van der Waals surface area contributed by atoms with Crippen LogP contribution in [-0.4, -0.2) is 60.5 Å². The second kappa shape index (κ2) is 9.39. The van der Waals surface area contributed by atoms with Gasteiger partial charge in [0.2, 0.25) is 0 Å². The van der Waals surface area contributed by atoms with E-state index in [-0.39, 0.29) is 24.2 Å². The van der Waals surface area contributed by atoms with E-state index in [0.717, 1.165) is 35.7 Å². The minimum Gasteiger partial charge on any atom is -0.496 e. The van der Waals surface area contributed by atoms with Crippen molar-refractivity contribution in [3.8, 4) is 5.75 Å². The standard InChI is InChI=1S/C24H28ClN3O3/c1-16-13-27(14-17(2)31-16)15-24(29)28-22(19-9-5-7-11-23(19)30-3)12-21(26-28)18-8-4-6-10-20(18)25/h4-11,16-17,22H,12-15H2,1-3H3. The average molecular weight is 442 g/mol. The van der Waals surface area contributed by atoms with Crippen LogP contribution in [-0.2, 0) is 9.53 Å². The molecule has 4 rings (SSSR count). The number of carbonyl (C=O) groups is 1. The fraction of sp³-hybridized carbons (Fsp3) is 0.417. The minimum atomic E-state index is -0.245. The largest absolute Gasteiger partial charge is 0.496 e. The molecule has 2 aliphatic heterocycles. The maximum Gasteiger partial charge on any atom is 0.257 e. The second-order valence-corrected chi connectivity index (χ2v) is 8.59. The van der Waals surface area contributed by atoms with Gasteiger partial charge < -0.3 is 9.47 Å². The Balaban J connectivity index is 1.64. The molecule has 6 nitrogen and oxygen atoms in total. The Kier molecular flexibility index (Phi) is 6.60. The van der Waals surface area contributed by atoms with Gasteiger partial charge in [0.15, 0.2) is 0 Å². The quantitative estimate of drug-likeness (QED) is 0.699. The summed E-state index contributed by atoms with van der Waals surface area (Å²) in [6, 6.07) is 15.2. The fourth-order valence-electron chi connectivity index (χ4n) is 4.46. The number of nitrogens with zero attached hydrogens (tertiary/aromatic N) is 3. The third-order valence-electron chi connectivity index (χ3n) is 5.70. The highest BCUT2D eigenvalue weighted by molar-refractivity contribution is 6.34. The summed E-state index contributed by atoms with van der Waals surface area (Å²) in [5, 5.41) is 7.00. The van der Waals surface area contributed by atoms with Gasteiger partial charge in [-0.3, -0.25) is 9.69 Å². The number of rotatable bonds is 5. The monoisotopic (exact) mass is 441 g/mol. The first-order valence-electron chi connectivity index (χ1n) is 10.6. The lowest BCUT2D eigenvalue weighted by atomic mass is 9.97. The van der Waals surface area contributed by atoms with E-state index in [4.69, 9.17) is 26.2 Å². The number of para-hydroxylation sites is 1. The highest BCUT2D eigenvalue weighted by Crippen LogP contribution is 2.38. The van der Waals surface area contributed by atoms with Gasteiger partial charge in [-0.2, -0.15) is 5.10 Å². The number of hydrogen-bond donors (Lipinski definition) is 0. The van der Waals surface area contributed by atoms with E-state index < -0.39 is 0 Å². The summed E-state index contributed by atoms with van der Waals surface area (Å²) in [7, 11) is 1.65. The van der Waals surface area contributed by atoms with Crippen LogP contribution in [0.25, 0.3) is 0 Å². The summed E-state index contributed by atoms with van der Waals surface area (Å²) in [5.74, 6) is 0.703. The summed E-state index contributed by atoms with van der Waals surface area (Å²) in [6.45, 7) is 5.82. The van der Waals surface area contributed by atoms with E-state index in [2.05, 4.69) is 4.90 Å². The molecule has 2 aliphatic rings. The number of carbonyl (C=O) groups excluding carboxylic acids is 1. The molecule has 1 fully saturated rings. The maximum absolute atomic E-state index is 13.4. The number of ether oxygens (including phenoxy) is 2. The zero-order valence-electron chi connectivity index (χ0n) is 18.1. The minimum absolute atomic E-state index is 0.0424. The molecule has 0 bridgehead atoms. The van der Waals surface area contributed by atoms with Crippen molar-refractivity contribution in [3.05, 3.63) is 64.7 Å². The lowest BCUT2D eigenvalue weighted by Crippen LogP contribution is -2.49. The zero-order valence-corrected chi connectivity index (χ0v) is 18.9. The molecule has 0 N–H and O–H groups in total. The van der Waals surface area contributed by atoms with Gasteiger partial charge in [-0.15, -0.1) is 0 Å². The van der Waals surface area contributed by atoms with E-state index >= 15 is 0 Å². The molecular formula is C24H28ClN3O3. The molecule has 31 heavy (non-hydrogen) atoms. The van der Waals surface area contributed by atoms with Gasteiger partial charge >= 0.3 is 0 Å². The van der Waals surface area contributed by atoms with Crippen molar-refractivity contribution in [2.24, 2.45) is 5.10 Å². The van der Waals surface area contributed by atoms with Gasteiger partial charge in [0.05, 0.1) is 37.6 Å². The van der Waals surface area contributed by atoms with Crippen molar-refractivity contribution in [3.63, 3.8) is 0 Å². The van der Waals surface area contributed by atoms with Crippen LogP contribution in [0.5, 0.6) is 5.75 Å². The second-order valence-electron chi connectivity index (χ2n) is 8.18. The molecule has 3 unspecified atom stereocenters. The molecule has 1 saturated heterocycles. The Morgan fingerprint density at radius 1 is 1.13 bits per heavy atom. The molecule has 2 heterocycles. The zero-order chi connectivity index (χ0) is 22.0. The first-order chi connectivity index (χ1) is 15.0. The first-order valence-corrected chi connectivity index (χ1v) is 11.0. The Labute approximate surface area is 188 Å². The van der Waals surface area contributed by atoms with Gasteiger partial charge in [-0.05, 0) is 26.0 Å². The van der Waals surface area contributed by atoms with E-state index in [1.54, 1.807) is 12.1 Å². The molecule has 0 aromatic heterocycles. The van der Waals surface area contributed by atoms with Gasteiger partial charge in [-0.1, -0.05) is 48.0 Å². The van der Waals surface area contributed by atoms with Crippen LogP contribution >= 0.6 is 11.6 Å². The lowest BCUT2D eigenvalue weighted by Gasteiger charge is -2.35. The Morgan fingerprint density at radius 3 is 2.52 bits per heavy atom. The van der Waals surface area contributed by atoms with E-state index in [0.29, 0.717) is 18.0 Å². The van der Waals surface area contributed by atoms with E-state index in [1.165, 1.54) is 0 Å². The first kappa shape index (κ1) is 21.8. The van der Waals surface area contributed by atoms with E-state index in [9.17, 15) is 4.79 Å². The topological polar surface area (TPSA) is 54.4 Å². The van der Waals surface area contributed by atoms with Crippen LogP contribution in [0.3, 0.4) is 0 Å². The van der Waals surface area contributed by atoms with E-state index in [1.807, 2.05) is 62.4 Å². The lowest BCUT2D eigenvalue weighted by molar-refractivity contribution is -0.137. The molecule has 2 aromatic rings. The van der Waals surface area contributed by atoms with Crippen LogP contribution in [0.2, 0.25) is 5.02 Å². The third-order valence-corrected chi connectivity index (χ3v) is 6.03. The number of hydrogen-bond acceptors (Lipinski definition) is 5. The molecule has 2 aromatic carbocycles. The third kappa shape index (κ3) is 4.76. The van der Waals surface area contributed by atoms with Crippen molar-refractivity contribution in [2.45, 2.75) is 38.5 Å². The highest BCUT2D eigenvalue weighted by Gasteiger charge is 2.36. The Bertz CT molecular complexity index is 970. The number of methoxy groups -OCH3 is 1. The molecule has 3 atom stereocenters. The fourth-order valence-corrected chi connectivity index (χ4v) is 4.70. The van der Waals surface area contributed by atoms with Gasteiger partial charge in [-0.25, -0.2) is 5.01 Å². The molecule has 0 aliphatic carbocycles. The summed E-state index contributed by atoms with van der Waals surface area (Å²) >= 11 is 6.44. The highest BCUT2D eigenvalue weighted by atomic mass is 35.5. The van der Waals surface area contributed by atoms with Crippen molar-refractivity contribution in [1.29, 1.82) is 0 Å². The molecule has 0 radical (unpaired) electrons. The molecule has 1 amide bonds. The van der Waals surface area contributed by atoms with Crippen LogP contribution < -0.4 is 4.74 Å². The SMILES string of the molecule is COc1ccccc1C1CC(c2ccccc2Cl)=NN1C(=O)CN1CC(C)OC(C)C1. The molecule has 0 spiro atoms. The summed E-state index contributed by atoms with van der Waals surface area (Å²) in [4.78, 5) is 15.6. The van der Waals surface area contributed by atoms with Gasteiger partial charge in [0.25, 0.3) is 5.91 Å². The normalized spacial score (nSPS) is 24.2. The number of benzene rings is 2. The van der Waals surface area contributed by atoms with Crippen LogP contribution in [0.4, 0.5) is 0 Å². The number of hydrazone groups is 1. The molecule has 164 valence electrons. The van der Waals surface area contributed by atoms with Crippen molar-refractivity contribution in [1.82, 2.24) is 9.91 Å². The molecule has 0 saturated carbocycles. The predicted molar refractivity (Wildman–Crippen MR) is 122 cm³/mol. The number of amides is 1. The Hall–Kier alpha value is -2.41. The molecular weight excluding hydrogens is 414 g/mol. The maximum atomic E-state index is 13.4. The van der Waals surface area contributed by atoms with Crippen molar-refractivity contribution in [2.75, 3.05) is 26.7 Å². The molecule has 7 heteroatoms. The van der Waals surface area contributed by atoms with Crippen LogP contribution in [0, 0.1) is 0 Å². The van der Waals surface area contributed by atoms with Crippen molar-refractivity contribution < 1.29 is 14.3 Å². The average Bonchev–Trinajstić information content (AvgIpc) is 3.18. The summed E-state index contributed by atoms with van der Waals surface area (Å²) in [5.41, 5.74) is 2.60. The number of halogens is 1. The number of morpholine rings is 1. The van der Waals surface area contributed by atoms with Crippen molar-refractivity contribution >= 4 is 23.2 Å². The predicted octanol–water partition coefficient (Wildman–Crippen LogP) is 4.14. The van der Waals surface area contributed by atoms with Gasteiger partial charge in [0.1, 0.15) is 5.75 Å². The summed E-state index contributed by atoms with van der Waals surface area (Å²) in [6.07, 6.45) is 0.774. The summed E-state index contributed by atoms with van der Waals surface area (Å²) < 4.78 is 11.4. The Morgan fingerprint density at radius 2 is 1.81 bits per heavy atom.